The summed E-state index contributed by atoms with van der Waals surface area (Å²) in [7, 11) is 0. The molecule has 0 spiro atoms. The van der Waals surface area contributed by atoms with Crippen molar-refractivity contribution in [3.05, 3.63) is 36.0 Å². The first-order valence-electron chi connectivity index (χ1n) is 6.86. The van der Waals surface area contributed by atoms with Gasteiger partial charge in [0.1, 0.15) is 6.54 Å². The van der Waals surface area contributed by atoms with Crippen LogP contribution in [-0.4, -0.2) is 17.1 Å². The van der Waals surface area contributed by atoms with E-state index in [9.17, 15) is 4.79 Å². The second-order valence-electron chi connectivity index (χ2n) is 5.14. The molecule has 3 nitrogen and oxygen atoms in total. The summed E-state index contributed by atoms with van der Waals surface area (Å²) in [6.45, 7) is 7.13. The number of hydrogen-bond donors (Lipinski definition) is 0. The first kappa shape index (κ1) is 13.7. The summed E-state index contributed by atoms with van der Waals surface area (Å²) in [5.41, 5.74) is 2.40. The maximum absolute atomic E-state index is 11.6. The molecule has 0 aliphatic rings. The third-order valence-electron chi connectivity index (χ3n) is 3.23. The van der Waals surface area contributed by atoms with Gasteiger partial charge in [-0.2, -0.15) is 0 Å². The van der Waals surface area contributed by atoms with Crippen molar-refractivity contribution in [1.29, 1.82) is 0 Å². The lowest BCUT2D eigenvalue weighted by Crippen LogP contribution is -2.13. The first-order chi connectivity index (χ1) is 9.11. The van der Waals surface area contributed by atoms with Crippen molar-refractivity contribution in [2.75, 3.05) is 6.61 Å². The van der Waals surface area contributed by atoms with Gasteiger partial charge in [0.25, 0.3) is 0 Å². The lowest BCUT2D eigenvalue weighted by Gasteiger charge is -2.08. The number of benzene rings is 1. The highest BCUT2D eigenvalue weighted by atomic mass is 16.5. The standard InChI is InChI=1S/C16H21NO2/c1-4-9-19-16(18)11-17-8-7-14-10-13(12(2)3)5-6-15(14)17/h5-8,10,12H,4,9,11H2,1-3H3. The topological polar surface area (TPSA) is 31.2 Å². The number of ether oxygens (including phenoxy) is 1. The van der Waals surface area contributed by atoms with E-state index in [0.29, 0.717) is 12.5 Å². The van der Waals surface area contributed by atoms with Gasteiger partial charge in [-0.3, -0.25) is 4.79 Å². The Hall–Kier alpha value is -1.77. The van der Waals surface area contributed by atoms with Gasteiger partial charge in [0.2, 0.25) is 0 Å². The predicted octanol–water partition coefficient (Wildman–Crippen LogP) is 3.72. The number of nitrogens with zero attached hydrogens (tertiary/aromatic N) is 1. The van der Waals surface area contributed by atoms with Gasteiger partial charge < -0.3 is 9.30 Å². The van der Waals surface area contributed by atoms with Gasteiger partial charge in [-0.1, -0.05) is 26.8 Å². The molecule has 0 bridgehead atoms. The molecule has 0 amide bonds. The monoisotopic (exact) mass is 259 g/mol. The van der Waals surface area contributed by atoms with Crippen LogP contribution in [0.4, 0.5) is 0 Å². The fraction of sp³-hybridized carbons (Fsp3) is 0.438. The van der Waals surface area contributed by atoms with Crippen LogP contribution in [0, 0.1) is 0 Å². The SMILES string of the molecule is CCCOC(=O)Cn1ccc2cc(C(C)C)ccc21. The molecule has 0 N–H and O–H groups in total. The van der Waals surface area contributed by atoms with Crippen molar-refractivity contribution < 1.29 is 9.53 Å². The molecule has 1 aromatic heterocycles. The van der Waals surface area contributed by atoms with Crippen LogP contribution in [0.2, 0.25) is 0 Å². The molecule has 0 fully saturated rings. The zero-order chi connectivity index (χ0) is 13.8. The normalized spacial score (nSPS) is 11.2. The van der Waals surface area contributed by atoms with E-state index in [-0.39, 0.29) is 12.5 Å². The lowest BCUT2D eigenvalue weighted by molar-refractivity contribution is -0.144. The molecule has 0 aliphatic carbocycles. The molecule has 1 aromatic carbocycles. The second kappa shape index (κ2) is 5.91. The molecule has 2 aromatic rings. The number of carbonyl (C=O) groups is 1. The van der Waals surface area contributed by atoms with Crippen LogP contribution in [0.3, 0.4) is 0 Å². The minimum Gasteiger partial charge on any atom is -0.464 e. The summed E-state index contributed by atoms with van der Waals surface area (Å²) in [5, 5.41) is 1.18. The Bertz CT molecular complexity index is 569. The predicted molar refractivity (Wildman–Crippen MR) is 77.3 cm³/mol. The molecular weight excluding hydrogens is 238 g/mol. The zero-order valence-corrected chi connectivity index (χ0v) is 11.8. The quantitative estimate of drug-likeness (QED) is 0.766. The Kier molecular flexibility index (Phi) is 4.25. The molecule has 0 radical (unpaired) electrons. The van der Waals surface area contributed by atoms with E-state index >= 15 is 0 Å². The molecule has 0 unspecified atom stereocenters. The Morgan fingerprint density at radius 2 is 2.11 bits per heavy atom. The largest absolute Gasteiger partial charge is 0.464 e. The summed E-state index contributed by atoms with van der Waals surface area (Å²) in [6, 6.07) is 8.45. The summed E-state index contributed by atoms with van der Waals surface area (Å²) >= 11 is 0. The smallest absolute Gasteiger partial charge is 0.325 e. The maximum atomic E-state index is 11.6. The average Bonchev–Trinajstić information content (AvgIpc) is 2.78. The highest BCUT2D eigenvalue weighted by Crippen LogP contribution is 2.22. The van der Waals surface area contributed by atoms with Crippen LogP contribution in [0.5, 0.6) is 0 Å². The zero-order valence-electron chi connectivity index (χ0n) is 11.8. The van der Waals surface area contributed by atoms with Crippen molar-refractivity contribution in [1.82, 2.24) is 4.57 Å². The number of fused-ring (bicyclic) bond motifs is 1. The van der Waals surface area contributed by atoms with Crippen LogP contribution in [0.1, 0.15) is 38.7 Å². The molecule has 1 heterocycles. The van der Waals surface area contributed by atoms with E-state index in [1.807, 2.05) is 23.8 Å². The molecule has 102 valence electrons. The minimum atomic E-state index is -0.174. The molecular formula is C16H21NO2. The molecule has 3 heteroatoms. The van der Waals surface area contributed by atoms with Gasteiger partial charge in [0.15, 0.2) is 0 Å². The van der Waals surface area contributed by atoms with Crippen LogP contribution in [-0.2, 0) is 16.1 Å². The van der Waals surface area contributed by atoms with E-state index in [2.05, 4.69) is 32.0 Å². The third-order valence-corrected chi connectivity index (χ3v) is 3.23. The van der Waals surface area contributed by atoms with Crippen molar-refractivity contribution in [3.8, 4) is 0 Å². The van der Waals surface area contributed by atoms with Crippen molar-refractivity contribution in [3.63, 3.8) is 0 Å². The third kappa shape index (κ3) is 3.16. The van der Waals surface area contributed by atoms with Gasteiger partial charge in [0, 0.05) is 11.7 Å². The number of aromatic nitrogens is 1. The van der Waals surface area contributed by atoms with Crippen molar-refractivity contribution in [2.24, 2.45) is 0 Å². The van der Waals surface area contributed by atoms with E-state index in [4.69, 9.17) is 4.74 Å². The fourth-order valence-corrected chi connectivity index (χ4v) is 2.12. The molecule has 0 saturated carbocycles. The highest BCUT2D eigenvalue weighted by Gasteiger charge is 2.08. The van der Waals surface area contributed by atoms with Gasteiger partial charge in [-0.05, 0) is 41.5 Å². The highest BCUT2D eigenvalue weighted by molar-refractivity contribution is 5.82. The Morgan fingerprint density at radius 1 is 1.32 bits per heavy atom. The van der Waals surface area contributed by atoms with Crippen molar-refractivity contribution in [2.45, 2.75) is 39.7 Å². The first-order valence-corrected chi connectivity index (χ1v) is 6.86. The van der Waals surface area contributed by atoms with Crippen LogP contribution < -0.4 is 0 Å². The molecule has 19 heavy (non-hydrogen) atoms. The Labute approximate surface area is 114 Å². The Morgan fingerprint density at radius 3 is 2.79 bits per heavy atom. The van der Waals surface area contributed by atoms with Crippen LogP contribution in [0.15, 0.2) is 30.5 Å². The van der Waals surface area contributed by atoms with Gasteiger partial charge in [-0.15, -0.1) is 0 Å². The summed E-state index contributed by atoms with van der Waals surface area (Å²) < 4.78 is 7.06. The maximum Gasteiger partial charge on any atom is 0.325 e. The average molecular weight is 259 g/mol. The second-order valence-corrected chi connectivity index (χ2v) is 5.14. The Balaban J connectivity index is 2.19. The van der Waals surface area contributed by atoms with E-state index in [1.165, 1.54) is 10.9 Å². The number of esters is 1. The fourth-order valence-electron chi connectivity index (χ4n) is 2.12. The van der Waals surface area contributed by atoms with Crippen LogP contribution in [0.25, 0.3) is 10.9 Å². The van der Waals surface area contributed by atoms with E-state index in [1.54, 1.807) is 0 Å². The van der Waals surface area contributed by atoms with Crippen molar-refractivity contribution >= 4 is 16.9 Å². The summed E-state index contributed by atoms with van der Waals surface area (Å²) in [6.07, 6.45) is 2.80. The lowest BCUT2D eigenvalue weighted by atomic mass is 10.0. The van der Waals surface area contributed by atoms with E-state index < -0.39 is 0 Å². The van der Waals surface area contributed by atoms with Gasteiger partial charge in [0.05, 0.1) is 6.61 Å². The van der Waals surface area contributed by atoms with Crippen LogP contribution >= 0.6 is 0 Å². The summed E-state index contributed by atoms with van der Waals surface area (Å²) in [5.74, 6) is 0.342. The minimum absolute atomic E-state index is 0.174. The molecule has 0 atom stereocenters. The van der Waals surface area contributed by atoms with E-state index in [0.717, 1.165) is 11.9 Å². The summed E-state index contributed by atoms with van der Waals surface area (Å²) in [4.78, 5) is 11.6. The number of carbonyl (C=O) groups excluding carboxylic acids is 1. The molecule has 2 rings (SSSR count). The van der Waals surface area contributed by atoms with Gasteiger partial charge in [-0.25, -0.2) is 0 Å². The molecule has 0 aliphatic heterocycles. The number of hydrogen-bond acceptors (Lipinski definition) is 2. The number of rotatable bonds is 5. The van der Waals surface area contributed by atoms with Gasteiger partial charge >= 0.3 is 5.97 Å². The molecule has 0 saturated heterocycles.